The molecule has 0 spiro atoms. The fourth-order valence-electron chi connectivity index (χ4n) is 2.71. The molecule has 2 heterocycles. The van der Waals surface area contributed by atoms with Crippen LogP contribution in [0.3, 0.4) is 0 Å². The number of aryl methyl sites for hydroxylation is 1. The third-order valence-electron chi connectivity index (χ3n) is 3.91. The van der Waals surface area contributed by atoms with Gasteiger partial charge in [-0.15, -0.1) is 12.4 Å². The fraction of sp³-hybridized carbons (Fsp3) is 0.357. The summed E-state index contributed by atoms with van der Waals surface area (Å²) < 4.78 is 68.4. The first-order valence-electron chi connectivity index (χ1n) is 7.16. The van der Waals surface area contributed by atoms with Crippen LogP contribution in [0.5, 0.6) is 0 Å². The summed E-state index contributed by atoms with van der Waals surface area (Å²) in [5, 5.41) is 3.07. The Labute approximate surface area is 149 Å². The molecule has 2 aromatic rings. The molecule has 0 radical (unpaired) electrons. The normalized spacial score (nSPS) is 18.8. The summed E-state index contributed by atoms with van der Waals surface area (Å²) in [4.78, 5) is 3.53. The Balaban J connectivity index is 0.00000225. The highest BCUT2D eigenvalue weighted by Gasteiger charge is 2.37. The lowest BCUT2D eigenvalue weighted by Gasteiger charge is -2.34. The number of halogens is 4. The van der Waals surface area contributed by atoms with E-state index in [1.54, 1.807) is 17.8 Å². The van der Waals surface area contributed by atoms with Gasteiger partial charge in [-0.1, -0.05) is 0 Å². The van der Waals surface area contributed by atoms with Crippen LogP contribution in [0.2, 0.25) is 0 Å². The minimum absolute atomic E-state index is 0. The molecule has 0 bridgehead atoms. The minimum Gasteiger partial charge on any atom is -0.337 e. The number of imidazole rings is 1. The van der Waals surface area contributed by atoms with Gasteiger partial charge in [0, 0.05) is 39.1 Å². The van der Waals surface area contributed by atoms with E-state index in [1.165, 1.54) is 6.20 Å². The first-order chi connectivity index (χ1) is 11.3. The van der Waals surface area contributed by atoms with E-state index >= 15 is 0 Å². The summed E-state index contributed by atoms with van der Waals surface area (Å²) in [6.45, 7) is 0.781. The zero-order chi connectivity index (χ0) is 17.5. The molecule has 1 N–H and O–H groups in total. The Hall–Kier alpha value is -1.62. The van der Waals surface area contributed by atoms with Gasteiger partial charge in [-0.25, -0.2) is 26.6 Å². The number of nitrogens with one attached hydrogen (secondary N) is 1. The number of rotatable bonds is 3. The highest BCUT2D eigenvalue weighted by molar-refractivity contribution is 7.89. The van der Waals surface area contributed by atoms with E-state index in [1.807, 2.05) is 0 Å². The van der Waals surface area contributed by atoms with Gasteiger partial charge in [-0.05, 0) is 12.1 Å². The minimum atomic E-state index is -4.22. The van der Waals surface area contributed by atoms with Gasteiger partial charge in [0.05, 0.1) is 10.9 Å². The van der Waals surface area contributed by atoms with Crippen molar-refractivity contribution in [3.8, 4) is 0 Å². The topological polar surface area (TPSA) is 67.2 Å². The predicted molar refractivity (Wildman–Crippen MR) is 86.3 cm³/mol. The molecule has 1 aliphatic heterocycles. The van der Waals surface area contributed by atoms with Gasteiger partial charge in [0.1, 0.15) is 5.82 Å². The van der Waals surface area contributed by atoms with Crippen molar-refractivity contribution in [3.63, 3.8) is 0 Å². The standard InChI is InChI=1S/C14H15F3N4O2S.ClH/c1-20-4-3-19-14(20)12-8-18-2-5-21(12)24(22,23)9-6-10(15)13(17)11(16)7-9;/h3-4,6-7,12,18H,2,5,8H2,1H3;1H. The predicted octanol–water partition coefficient (Wildman–Crippen LogP) is 1.59. The molecule has 3 rings (SSSR count). The number of benzene rings is 1. The van der Waals surface area contributed by atoms with Crippen LogP contribution in [0.1, 0.15) is 11.9 Å². The first kappa shape index (κ1) is 19.7. The second-order valence-electron chi connectivity index (χ2n) is 5.43. The summed E-state index contributed by atoms with van der Waals surface area (Å²) in [7, 11) is -2.50. The number of sulfonamides is 1. The van der Waals surface area contributed by atoms with Crippen molar-refractivity contribution < 1.29 is 21.6 Å². The van der Waals surface area contributed by atoms with Crippen molar-refractivity contribution in [2.24, 2.45) is 7.05 Å². The van der Waals surface area contributed by atoms with Gasteiger partial charge < -0.3 is 9.88 Å². The smallest absolute Gasteiger partial charge is 0.244 e. The highest BCUT2D eigenvalue weighted by atomic mass is 35.5. The third-order valence-corrected chi connectivity index (χ3v) is 5.80. The largest absolute Gasteiger partial charge is 0.337 e. The maximum absolute atomic E-state index is 13.4. The van der Waals surface area contributed by atoms with Crippen molar-refractivity contribution in [2.75, 3.05) is 19.6 Å². The molecular formula is C14H16ClF3N4O2S. The lowest BCUT2D eigenvalue weighted by molar-refractivity contribution is 0.258. The molecule has 0 amide bonds. The summed E-state index contributed by atoms with van der Waals surface area (Å²) >= 11 is 0. The van der Waals surface area contributed by atoms with E-state index < -0.39 is 38.4 Å². The van der Waals surface area contributed by atoms with Crippen LogP contribution >= 0.6 is 12.4 Å². The van der Waals surface area contributed by atoms with Gasteiger partial charge in [0.2, 0.25) is 10.0 Å². The van der Waals surface area contributed by atoms with Gasteiger partial charge >= 0.3 is 0 Å². The van der Waals surface area contributed by atoms with E-state index in [9.17, 15) is 21.6 Å². The molecule has 11 heteroatoms. The summed E-state index contributed by atoms with van der Waals surface area (Å²) in [6.07, 6.45) is 3.21. The molecule has 1 atom stereocenters. The molecule has 6 nitrogen and oxygen atoms in total. The van der Waals surface area contributed by atoms with Crippen molar-refractivity contribution >= 4 is 22.4 Å². The molecule has 138 valence electrons. The molecule has 1 aromatic carbocycles. The molecule has 1 aromatic heterocycles. The summed E-state index contributed by atoms with van der Waals surface area (Å²) in [6, 6.07) is 0.344. The first-order valence-corrected chi connectivity index (χ1v) is 8.60. The van der Waals surface area contributed by atoms with Gasteiger partial charge in [-0.2, -0.15) is 4.31 Å². The zero-order valence-corrected chi connectivity index (χ0v) is 14.7. The van der Waals surface area contributed by atoms with Crippen LogP contribution < -0.4 is 5.32 Å². The van der Waals surface area contributed by atoms with Crippen LogP contribution in [0.25, 0.3) is 0 Å². The Morgan fingerprint density at radius 2 is 1.88 bits per heavy atom. The molecular weight excluding hydrogens is 381 g/mol. The molecule has 0 saturated carbocycles. The quantitative estimate of drug-likeness (QED) is 0.800. The second-order valence-corrected chi connectivity index (χ2v) is 7.32. The van der Waals surface area contributed by atoms with E-state index in [0.29, 0.717) is 31.0 Å². The number of hydrogen-bond donors (Lipinski definition) is 1. The highest BCUT2D eigenvalue weighted by Crippen LogP contribution is 2.29. The zero-order valence-electron chi connectivity index (χ0n) is 13.1. The lowest BCUT2D eigenvalue weighted by Crippen LogP contribution is -2.49. The molecule has 1 unspecified atom stereocenters. The number of nitrogens with zero attached hydrogens (tertiary/aromatic N) is 3. The Morgan fingerprint density at radius 3 is 2.44 bits per heavy atom. The van der Waals surface area contributed by atoms with Crippen LogP contribution in [-0.2, 0) is 17.1 Å². The van der Waals surface area contributed by atoms with E-state index in [0.717, 1.165) is 4.31 Å². The number of piperazine rings is 1. The van der Waals surface area contributed by atoms with Crippen molar-refractivity contribution in [1.82, 2.24) is 19.2 Å². The van der Waals surface area contributed by atoms with Crippen LogP contribution in [0.4, 0.5) is 13.2 Å². The van der Waals surface area contributed by atoms with E-state index in [4.69, 9.17) is 0 Å². The van der Waals surface area contributed by atoms with E-state index in [-0.39, 0.29) is 19.0 Å². The molecule has 1 saturated heterocycles. The average molecular weight is 397 g/mol. The number of aromatic nitrogens is 2. The second kappa shape index (κ2) is 7.32. The summed E-state index contributed by atoms with van der Waals surface area (Å²) in [5.74, 6) is -4.29. The maximum Gasteiger partial charge on any atom is 0.244 e. The maximum atomic E-state index is 13.4. The van der Waals surface area contributed by atoms with Crippen LogP contribution in [0, 0.1) is 17.5 Å². The van der Waals surface area contributed by atoms with Crippen molar-refractivity contribution in [2.45, 2.75) is 10.9 Å². The average Bonchev–Trinajstić information content (AvgIpc) is 2.98. The molecule has 1 fully saturated rings. The van der Waals surface area contributed by atoms with Crippen molar-refractivity contribution in [3.05, 3.63) is 47.8 Å². The third kappa shape index (κ3) is 3.52. The van der Waals surface area contributed by atoms with Gasteiger partial charge in [0.25, 0.3) is 0 Å². The van der Waals surface area contributed by atoms with Gasteiger partial charge in [-0.3, -0.25) is 0 Å². The lowest BCUT2D eigenvalue weighted by atomic mass is 10.2. The van der Waals surface area contributed by atoms with Crippen molar-refractivity contribution in [1.29, 1.82) is 0 Å². The SMILES string of the molecule is Cl.Cn1ccnc1C1CNCCN1S(=O)(=O)c1cc(F)c(F)c(F)c1. The summed E-state index contributed by atoms with van der Waals surface area (Å²) in [5.41, 5.74) is 0. The number of hydrogen-bond acceptors (Lipinski definition) is 4. The van der Waals surface area contributed by atoms with E-state index in [2.05, 4.69) is 10.3 Å². The molecule has 0 aliphatic carbocycles. The molecule has 1 aliphatic rings. The van der Waals surface area contributed by atoms with Crippen LogP contribution in [0.15, 0.2) is 29.4 Å². The Kier molecular flexibility index (Phi) is 5.77. The molecule has 25 heavy (non-hydrogen) atoms. The van der Waals surface area contributed by atoms with Gasteiger partial charge in [0.15, 0.2) is 17.5 Å². The monoisotopic (exact) mass is 396 g/mol. The van der Waals surface area contributed by atoms with Crippen LogP contribution in [-0.4, -0.2) is 41.9 Å². The Morgan fingerprint density at radius 1 is 1.24 bits per heavy atom. The Bertz CT molecular complexity index is 852. The fourth-order valence-corrected chi connectivity index (χ4v) is 4.32.